The van der Waals surface area contributed by atoms with Crippen LogP contribution in [0.25, 0.3) is 43.8 Å². The zero-order valence-corrected chi connectivity index (χ0v) is 32.4. The van der Waals surface area contributed by atoms with Crippen molar-refractivity contribution >= 4 is 61.7 Å². The lowest BCUT2D eigenvalue weighted by molar-refractivity contribution is 0.104. The van der Waals surface area contributed by atoms with E-state index in [0.717, 1.165) is 28.1 Å². The average molecular weight is 739 g/mol. The number of rotatable bonds is 7. The third-order valence-electron chi connectivity index (χ3n) is 11.6. The number of fused-ring (bicyclic) bond motifs is 3. The first kappa shape index (κ1) is 34.1. The molecule has 2 aliphatic heterocycles. The standard InChI is InChI=1S/C52H41N3P/c1-54-51(40-28-24-39(25-29-40)43-18-13-23-49(34-43)56(2,47-19-5-3-6-20-47)48-21-7-4-8-22-48)53-52-50(45-31-27-38-15-10-12-17-42(38)33-45)35-46(36-55(52)54)44-30-26-37-14-9-11-16-41(37)32-44/h3-36,51H,1-2H3/q+1. The molecule has 0 fully saturated rings. The molecular formula is C52H41N3P+. The summed E-state index contributed by atoms with van der Waals surface area (Å²) < 4.78 is 0. The van der Waals surface area contributed by atoms with Gasteiger partial charge in [0.2, 0.25) is 0 Å². The van der Waals surface area contributed by atoms with Gasteiger partial charge in [-0.25, -0.2) is 4.99 Å². The highest BCUT2D eigenvalue weighted by atomic mass is 31.2. The molecule has 1 atom stereocenters. The zero-order valence-electron chi connectivity index (χ0n) is 31.5. The molecule has 0 aliphatic carbocycles. The minimum absolute atomic E-state index is 0.174. The molecule has 0 radical (unpaired) electrons. The molecule has 0 spiro atoms. The topological polar surface area (TPSA) is 18.8 Å². The van der Waals surface area contributed by atoms with E-state index in [4.69, 9.17) is 4.99 Å². The summed E-state index contributed by atoms with van der Waals surface area (Å²) in [6, 6.07) is 70.8. The Morgan fingerprint density at radius 3 is 1.64 bits per heavy atom. The fraction of sp³-hybridized carbons (Fsp3) is 0.0577. The Morgan fingerprint density at radius 1 is 0.464 bits per heavy atom. The van der Waals surface area contributed by atoms with Crippen molar-refractivity contribution in [3.05, 3.63) is 223 Å². The van der Waals surface area contributed by atoms with Crippen molar-refractivity contribution < 1.29 is 0 Å². The fourth-order valence-electron chi connectivity index (χ4n) is 8.36. The maximum absolute atomic E-state index is 5.45. The van der Waals surface area contributed by atoms with Gasteiger partial charge in [-0.15, -0.1) is 0 Å². The van der Waals surface area contributed by atoms with Crippen LogP contribution in [0.5, 0.6) is 0 Å². The number of nitrogens with zero attached hydrogens (tertiary/aromatic N) is 3. The minimum Gasteiger partial charge on any atom is -0.261 e. The van der Waals surface area contributed by atoms with Gasteiger partial charge >= 0.3 is 0 Å². The number of allylic oxidation sites excluding steroid dienone is 2. The monoisotopic (exact) mass is 738 g/mol. The van der Waals surface area contributed by atoms with Crippen LogP contribution < -0.4 is 15.9 Å². The lowest BCUT2D eigenvalue weighted by Gasteiger charge is -2.31. The first-order chi connectivity index (χ1) is 27.5. The van der Waals surface area contributed by atoms with E-state index < -0.39 is 7.26 Å². The van der Waals surface area contributed by atoms with E-state index in [1.54, 1.807) is 0 Å². The van der Waals surface area contributed by atoms with Crippen LogP contribution in [-0.4, -0.2) is 29.6 Å². The molecule has 0 amide bonds. The fourth-order valence-corrected chi connectivity index (χ4v) is 11.6. The molecule has 4 heteroatoms. The van der Waals surface area contributed by atoms with E-state index in [1.165, 1.54) is 54.1 Å². The van der Waals surface area contributed by atoms with Crippen molar-refractivity contribution in [1.29, 1.82) is 0 Å². The molecule has 1 unspecified atom stereocenters. The lowest BCUT2D eigenvalue weighted by atomic mass is 9.93. The van der Waals surface area contributed by atoms with E-state index in [9.17, 15) is 0 Å². The largest absolute Gasteiger partial charge is 0.261 e. The second-order valence-corrected chi connectivity index (χ2v) is 18.4. The predicted molar refractivity (Wildman–Crippen MR) is 240 cm³/mol. The number of benzene rings is 8. The normalized spacial score (nSPS) is 15.7. The van der Waals surface area contributed by atoms with Crippen molar-refractivity contribution in [3.63, 3.8) is 0 Å². The maximum atomic E-state index is 5.45. The molecule has 0 aromatic heterocycles. The molecule has 8 aromatic rings. The van der Waals surface area contributed by atoms with Crippen LogP contribution >= 0.6 is 7.26 Å². The molecule has 0 saturated heterocycles. The van der Waals surface area contributed by atoms with Gasteiger partial charge in [-0.05, 0) is 104 Å². The Bertz CT molecular complexity index is 2800. The van der Waals surface area contributed by atoms with Gasteiger partial charge in [-0.3, -0.25) is 5.01 Å². The molecule has 0 saturated carbocycles. The Hall–Kier alpha value is -6.38. The summed E-state index contributed by atoms with van der Waals surface area (Å²) in [5.41, 5.74) is 8.18. The van der Waals surface area contributed by atoms with Gasteiger partial charge in [-0.1, -0.05) is 146 Å². The average Bonchev–Trinajstić information content (AvgIpc) is 3.61. The van der Waals surface area contributed by atoms with Crippen LogP contribution in [0.4, 0.5) is 0 Å². The molecule has 3 nitrogen and oxygen atoms in total. The maximum Gasteiger partial charge on any atom is 0.152 e. The number of amidine groups is 1. The van der Waals surface area contributed by atoms with Crippen LogP contribution in [0.2, 0.25) is 0 Å². The SMILES string of the molecule is CN1C(c2ccc(-c3cccc([P+](C)(c4ccccc4)c4ccccc4)c3)cc2)N=C2C(c3ccc4ccccc4c3)=CC(c3ccc4ccccc4c3)=CN21. The second-order valence-electron chi connectivity index (χ2n) is 14.9. The van der Waals surface area contributed by atoms with Crippen molar-refractivity contribution in [2.45, 2.75) is 6.17 Å². The molecular weight excluding hydrogens is 698 g/mol. The third kappa shape index (κ3) is 5.97. The lowest BCUT2D eigenvalue weighted by Crippen LogP contribution is -2.37. The van der Waals surface area contributed by atoms with Gasteiger partial charge in [0.1, 0.15) is 29.3 Å². The third-order valence-corrected chi connectivity index (χ3v) is 15.5. The van der Waals surface area contributed by atoms with Gasteiger partial charge in [-0.2, -0.15) is 5.01 Å². The Morgan fingerprint density at radius 2 is 1.00 bits per heavy atom. The Kier molecular flexibility index (Phi) is 8.56. The summed E-state index contributed by atoms with van der Waals surface area (Å²) in [5.74, 6) is 0.958. The summed E-state index contributed by atoms with van der Waals surface area (Å²) in [5, 5.41) is 13.6. The van der Waals surface area contributed by atoms with Gasteiger partial charge in [0.15, 0.2) is 5.84 Å². The van der Waals surface area contributed by atoms with Crippen LogP contribution in [0.1, 0.15) is 22.9 Å². The molecule has 2 aliphatic rings. The molecule has 268 valence electrons. The Labute approximate surface area is 329 Å². The van der Waals surface area contributed by atoms with E-state index in [-0.39, 0.29) is 6.17 Å². The summed E-state index contributed by atoms with van der Waals surface area (Å²) in [7, 11) is 0.297. The summed E-state index contributed by atoms with van der Waals surface area (Å²) >= 11 is 0. The predicted octanol–water partition coefficient (Wildman–Crippen LogP) is 11.3. The van der Waals surface area contributed by atoms with Gasteiger partial charge in [0, 0.05) is 24.4 Å². The smallest absolute Gasteiger partial charge is 0.152 e. The number of hydrogen-bond acceptors (Lipinski definition) is 3. The quantitative estimate of drug-likeness (QED) is 0.152. The molecule has 0 N–H and O–H groups in total. The van der Waals surface area contributed by atoms with Crippen molar-refractivity contribution in [2.75, 3.05) is 13.7 Å². The van der Waals surface area contributed by atoms with Crippen molar-refractivity contribution in [1.82, 2.24) is 10.0 Å². The molecule has 10 rings (SSSR count). The summed E-state index contributed by atoms with van der Waals surface area (Å²) in [6.07, 6.45) is 4.39. The number of hydrogen-bond donors (Lipinski definition) is 0. The number of hydrazine groups is 1. The zero-order chi connectivity index (χ0) is 37.6. The van der Waals surface area contributed by atoms with Gasteiger partial charge in [0.05, 0.1) is 6.66 Å². The van der Waals surface area contributed by atoms with E-state index in [0.29, 0.717) is 0 Å². The summed E-state index contributed by atoms with van der Waals surface area (Å²) in [6.45, 7) is 2.45. The van der Waals surface area contributed by atoms with Gasteiger partial charge in [0.25, 0.3) is 0 Å². The van der Waals surface area contributed by atoms with E-state index in [2.05, 4.69) is 230 Å². The van der Waals surface area contributed by atoms with Gasteiger partial charge < -0.3 is 0 Å². The first-order valence-electron chi connectivity index (χ1n) is 19.2. The van der Waals surface area contributed by atoms with Crippen LogP contribution in [0, 0.1) is 0 Å². The Balaban J connectivity index is 1.01. The molecule has 2 heterocycles. The first-order valence-corrected chi connectivity index (χ1v) is 21.5. The van der Waals surface area contributed by atoms with Crippen molar-refractivity contribution in [2.24, 2.45) is 4.99 Å². The highest BCUT2D eigenvalue weighted by molar-refractivity contribution is 7.95. The molecule has 8 aromatic carbocycles. The molecule has 0 bridgehead atoms. The van der Waals surface area contributed by atoms with Crippen molar-refractivity contribution in [3.8, 4) is 11.1 Å². The van der Waals surface area contributed by atoms with E-state index in [1.807, 2.05) is 0 Å². The minimum atomic E-state index is -1.85. The molecule has 56 heavy (non-hydrogen) atoms. The highest BCUT2D eigenvalue weighted by Crippen LogP contribution is 2.52. The summed E-state index contributed by atoms with van der Waals surface area (Å²) in [4.78, 5) is 5.45. The van der Waals surface area contributed by atoms with Crippen LogP contribution in [-0.2, 0) is 0 Å². The highest BCUT2D eigenvalue weighted by Gasteiger charge is 2.40. The van der Waals surface area contributed by atoms with Crippen LogP contribution in [0.15, 0.2) is 211 Å². The number of aliphatic imine (C=N–C) groups is 1. The van der Waals surface area contributed by atoms with E-state index >= 15 is 0 Å². The second kappa shape index (κ2) is 14.0. The van der Waals surface area contributed by atoms with Crippen LogP contribution in [0.3, 0.4) is 0 Å².